The molecule has 4 N–H and O–H groups in total. The summed E-state index contributed by atoms with van der Waals surface area (Å²) in [4.78, 5) is 16.7. The molecule has 1 aromatic carbocycles. The third kappa shape index (κ3) is 5.95. The van der Waals surface area contributed by atoms with E-state index in [2.05, 4.69) is 10.3 Å². The molecular formula is C20H24ClF2N3O2. The number of carbonyl (C=O) groups excluding carboxylic acids is 1. The van der Waals surface area contributed by atoms with Gasteiger partial charge >= 0.3 is 0 Å². The number of amides is 1. The standard InChI is InChI=1S/C20H24ClF2N3O2/c1-20(2,3)26-19(28)12-5-4-6-25-17(12)10-18(27)16(24)8-11-7-13(21)15(23)9-14(11)22/h4-7,9,16,18,27H,8,10,24H2,1-3H3,(H,26,28)/t16-,18+/m1/s1. The molecule has 0 saturated carbocycles. The molecule has 8 heteroatoms. The van der Waals surface area contributed by atoms with Crippen molar-refractivity contribution < 1.29 is 18.7 Å². The molecule has 1 aromatic heterocycles. The van der Waals surface area contributed by atoms with E-state index in [0.29, 0.717) is 17.3 Å². The van der Waals surface area contributed by atoms with Crippen LogP contribution in [0.3, 0.4) is 0 Å². The van der Waals surface area contributed by atoms with Crippen molar-refractivity contribution in [3.63, 3.8) is 0 Å². The van der Waals surface area contributed by atoms with Crippen molar-refractivity contribution in [1.82, 2.24) is 10.3 Å². The van der Waals surface area contributed by atoms with Gasteiger partial charge in [0.25, 0.3) is 5.91 Å². The molecule has 0 fully saturated rings. The number of rotatable bonds is 6. The van der Waals surface area contributed by atoms with Gasteiger partial charge in [-0.2, -0.15) is 0 Å². The third-order valence-electron chi connectivity index (χ3n) is 4.07. The predicted molar refractivity (Wildman–Crippen MR) is 104 cm³/mol. The fraction of sp³-hybridized carbons (Fsp3) is 0.400. The van der Waals surface area contributed by atoms with Gasteiger partial charge in [0.1, 0.15) is 11.6 Å². The first-order chi connectivity index (χ1) is 13.0. The Balaban J connectivity index is 2.13. The van der Waals surface area contributed by atoms with Crippen LogP contribution in [-0.4, -0.2) is 33.7 Å². The van der Waals surface area contributed by atoms with Gasteiger partial charge in [-0.1, -0.05) is 11.6 Å². The van der Waals surface area contributed by atoms with Gasteiger partial charge in [-0.25, -0.2) is 8.78 Å². The van der Waals surface area contributed by atoms with Crippen molar-refractivity contribution in [3.05, 3.63) is 63.9 Å². The summed E-state index contributed by atoms with van der Waals surface area (Å²) in [6.45, 7) is 5.57. The lowest BCUT2D eigenvalue weighted by Crippen LogP contribution is -2.42. The van der Waals surface area contributed by atoms with E-state index >= 15 is 0 Å². The third-order valence-corrected chi connectivity index (χ3v) is 4.35. The van der Waals surface area contributed by atoms with Crippen LogP contribution in [0.25, 0.3) is 0 Å². The molecule has 152 valence electrons. The maximum atomic E-state index is 13.9. The van der Waals surface area contributed by atoms with Gasteiger partial charge in [0.15, 0.2) is 0 Å². The average molecular weight is 412 g/mol. The molecule has 1 heterocycles. The molecule has 0 aliphatic rings. The molecule has 2 atom stereocenters. The Morgan fingerprint density at radius 2 is 1.96 bits per heavy atom. The number of carbonyl (C=O) groups is 1. The summed E-state index contributed by atoms with van der Waals surface area (Å²) in [5.74, 6) is -1.96. The van der Waals surface area contributed by atoms with Crippen LogP contribution in [0.1, 0.15) is 42.4 Å². The van der Waals surface area contributed by atoms with Crippen molar-refractivity contribution in [3.8, 4) is 0 Å². The number of hydrogen-bond donors (Lipinski definition) is 3. The van der Waals surface area contributed by atoms with E-state index in [1.807, 2.05) is 20.8 Å². The number of aromatic nitrogens is 1. The molecule has 0 aliphatic carbocycles. The summed E-state index contributed by atoms with van der Waals surface area (Å²) in [5, 5.41) is 13.1. The van der Waals surface area contributed by atoms with Gasteiger partial charge in [-0.05, 0) is 51.0 Å². The molecule has 5 nitrogen and oxygen atoms in total. The maximum Gasteiger partial charge on any atom is 0.253 e. The zero-order valence-corrected chi connectivity index (χ0v) is 16.7. The Hall–Kier alpha value is -2.09. The fourth-order valence-electron chi connectivity index (χ4n) is 2.67. The quantitative estimate of drug-likeness (QED) is 0.637. The lowest BCUT2D eigenvalue weighted by atomic mass is 9.96. The summed E-state index contributed by atoms with van der Waals surface area (Å²) in [6, 6.07) is 4.22. The van der Waals surface area contributed by atoms with Gasteiger partial charge in [0.2, 0.25) is 0 Å². The number of nitrogens with two attached hydrogens (primary N) is 1. The molecule has 1 amide bonds. The number of pyridine rings is 1. The highest BCUT2D eigenvalue weighted by atomic mass is 35.5. The van der Waals surface area contributed by atoms with Crippen LogP contribution in [0.4, 0.5) is 8.78 Å². The first kappa shape index (κ1) is 22.2. The van der Waals surface area contributed by atoms with E-state index in [9.17, 15) is 18.7 Å². The normalized spacial score (nSPS) is 13.9. The van der Waals surface area contributed by atoms with Crippen molar-refractivity contribution in [1.29, 1.82) is 0 Å². The van der Waals surface area contributed by atoms with Crippen molar-refractivity contribution in [2.24, 2.45) is 5.73 Å². The number of halogens is 3. The van der Waals surface area contributed by atoms with E-state index in [1.54, 1.807) is 12.1 Å². The monoisotopic (exact) mass is 411 g/mol. The highest BCUT2D eigenvalue weighted by molar-refractivity contribution is 6.30. The molecule has 0 bridgehead atoms. The first-order valence-electron chi connectivity index (χ1n) is 8.81. The number of aliphatic hydroxyl groups is 1. The maximum absolute atomic E-state index is 13.9. The van der Waals surface area contributed by atoms with Gasteiger partial charge < -0.3 is 16.2 Å². The van der Waals surface area contributed by atoms with E-state index < -0.39 is 29.3 Å². The predicted octanol–water partition coefficient (Wildman–Crippen LogP) is 3.01. The second-order valence-corrected chi connectivity index (χ2v) is 8.11. The van der Waals surface area contributed by atoms with Crippen LogP contribution in [0.15, 0.2) is 30.5 Å². The van der Waals surface area contributed by atoms with Crippen LogP contribution >= 0.6 is 11.6 Å². The number of nitrogens with zero attached hydrogens (tertiary/aromatic N) is 1. The van der Waals surface area contributed by atoms with Crippen molar-refractivity contribution in [2.75, 3.05) is 0 Å². The van der Waals surface area contributed by atoms with Gasteiger partial charge in [0, 0.05) is 30.3 Å². The molecule has 0 spiro atoms. The Kier molecular flexibility index (Phi) is 7.09. The van der Waals surface area contributed by atoms with Crippen LogP contribution < -0.4 is 11.1 Å². The van der Waals surface area contributed by atoms with E-state index in [0.717, 1.165) is 6.07 Å². The largest absolute Gasteiger partial charge is 0.391 e. The Bertz CT molecular complexity index is 856. The molecule has 28 heavy (non-hydrogen) atoms. The summed E-state index contributed by atoms with van der Waals surface area (Å²) >= 11 is 5.69. The SMILES string of the molecule is CC(C)(C)NC(=O)c1cccnc1C[C@H](O)[C@H](N)Cc1cc(Cl)c(F)cc1F. The van der Waals surface area contributed by atoms with Gasteiger partial charge in [-0.3, -0.25) is 9.78 Å². The second kappa shape index (κ2) is 8.94. The Morgan fingerprint density at radius 1 is 1.29 bits per heavy atom. The van der Waals surface area contributed by atoms with Crippen LogP contribution in [0, 0.1) is 11.6 Å². The lowest BCUT2D eigenvalue weighted by Gasteiger charge is -2.23. The highest BCUT2D eigenvalue weighted by Crippen LogP contribution is 2.21. The zero-order valence-electron chi connectivity index (χ0n) is 16.0. The van der Waals surface area contributed by atoms with E-state index in [1.165, 1.54) is 6.20 Å². The first-order valence-corrected chi connectivity index (χ1v) is 9.19. The van der Waals surface area contributed by atoms with Gasteiger partial charge in [0.05, 0.1) is 22.4 Å². The smallest absolute Gasteiger partial charge is 0.253 e. The summed E-state index contributed by atoms with van der Waals surface area (Å²) in [6.07, 6.45) is 0.370. The van der Waals surface area contributed by atoms with Crippen LogP contribution in [-0.2, 0) is 12.8 Å². The molecule has 2 aromatic rings. The van der Waals surface area contributed by atoms with Gasteiger partial charge in [-0.15, -0.1) is 0 Å². The van der Waals surface area contributed by atoms with Crippen molar-refractivity contribution >= 4 is 17.5 Å². The Morgan fingerprint density at radius 3 is 2.61 bits per heavy atom. The van der Waals surface area contributed by atoms with E-state index in [-0.39, 0.29) is 29.3 Å². The number of hydrogen-bond acceptors (Lipinski definition) is 4. The van der Waals surface area contributed by atoms with Crippen LogP contribution in [0.2, 0.25) is 5.02 Å². The average Bonchev–Trinajstić information content (AvgIpc) is 2.58. The number of nitrogens with one attached hydrogen (secondary N) is 1. The lowest BCUT2D eigenvalue weighted by molar-refractivity contribution is 0.0916. The topological polar surface area (TPSA) is 88.2 Å². The highest BCUT2D eigenvalue weighted by Gasteiger charge is 2.23. The number of aliphatic hydroxyl groups excluding tert-OH is 1. The minimum atomic E-state index is -1.10. The zero-order chi connectivity index (χ0) is 21.1. The molecule has 0 unspecified atom stereocenters. The Labute approximate surface area is 167 Å². The summed E-state index contributed by atoms with van der Waals surface area (Å²) in [5.41, 5.74) is 6.38. The molecule has 2 rings (SSSR count). The second-order valence-electron chi connectivity index (χ2n) is 7.70. The van der Waals surface area contributed by atoms with Crippen molar-refractivity contribution in [2.45, 2.75) is 51.3 Å². The molecular weight excluding hydrogens is 388 g/mol. The minimum Gasteiger partial charge on any atom is -0.391 e. The van der Waals surface area contributed by atoms with E-state index in [4.69, 9.17) is 17.3 Å². The van der Waals surface area contributed by atoms with Crippen LogP contribution in [0.5, 0.6) is 0 Å². The molecule has 0 radical (unpaired) electrons. The molecule has 0 aliphatic heterocycles. The summed E-state index contributed by atoms with van der Waals surface area (Å²) < 4.78 is 27.2. The minimum absolute atomic E-state index is 0.00541. The number of benzene rings is 1. The molecule has 0 saturated heterocycles. The fourth-order valence-corrected chi connectivity index (χ4v) is 2.86. The summed E-state index contributed by atoms with van der Waals surface area (Å²) in [7, 11) is 0.